The maximum atomic E-state index is 3.73. The van der Waals surface area contributed by atoms with E-state index in [1.54, 1.807) is 19.3 Å². The molecule has 0 aromatic rings. The van der Waals surface area contributed by atoms with Gasteiger partial charge in [-0.25, -0.2) is 0 Å². The molecule has 4 saturated carbocycles. The molecule has 96 valence electrons. The highest BCUT2D eigenvalue weighted by atomic mass is 14.9. The van der Waals surface area contributed by atoms with Gasteiger partial charge in [-0.2, -0.15) is 0 Å². The minimum Gasteiger partial charge on any atom is -0.316 e. The molecule has 0 saturated heterocycles. The molecule has 4 aliphatic rings. The van der Waals surface area contributed by atoms with Crippen molar-refractivity contribution >= 4 is 0 Å². The molecule has 4 rings (SSSR count). The molecule has 1 N–H and O–H groups in total. The molecule has 0 heterocycles. The number of hydrogen-bond acceptors (Lipinski definition) is 1. The molecule has 0 aliphatic heterocycles. The fraction of sp³-hybridized carbons (Fsp3) is 1.00. The zero-order valence-electron chi connectivity index (χ0n) is 11.2. The van der Waals surface area contributed by atoms with E-state index in [0.717, 1.165) is 41.5 Å². The Morgan fingerprint density at radius 3 is 2.12 bits per heavy atom. The van der Waals surface area contributed by atoms with E-state index in [9.17, 15) is 0 Å². The Kier molecular flexibility index (Phi) is 2.54. The molecular weight excluding hydrogens is 206 g/mol. The zero-order chi connectivity index (χ0) is 11.4. The monoisotopic (exact) mass is 233 g/mol. The Morgan fingerprint density at radius 1 is 0.882 bits per heavy atom. The molecule has 1 heteroatoms. The fourth-order valence-corrected chi connectivity index (χ4v) is 6.11. The van der Waals surface area contributed by atoms with Crippen LogP contribution in [-0.4, -0.2) is 13.1 Å². The molecular formula is C16H27N. The first-order chi connectivity index (χ1) is 8.40. The van der Waals surface area contributed by atoms with Crippen LogP contribution in [0.4, 0.5) is 0 Å². The van der Waals surface area contributed by atoms with Gasteiger partial charge in [0.25, 0.3) is 0 Å². The molecule has 0 amide bonds. The summed E-state index contributed by atoms with van der Waals surface area (Å²) in [5.74, 6) is 6.73. The smallest absolute Gasteiger partial charge is 0.0126 e. The number of fused-ring (bicyclic) bond motifs is 5. The van der Waals surface area contributed by atoms with Crippen LogP contribution in [0.15, 0.2) is 0 Å². The Labute approximate surface area is 106 Å². The minimum absolute atomic E-state index is 0.883. The second-order valence-electron chi connectivity index (χ2n) is 7.28. The third kappa shape index (κ3) is 1.54. The van der Waals surface area contributed by atoms with Crippen LogP contribution in [0.5, 0.6) is 0 Å². The maximum Gasteiger partial charge on any atom is 0.0126 e. The first kappa shape index (κ1) is 10.8. The van der Waals surface area contributed by atoms with E-state index in [-0.39, 0.29) is 0 Å². The van der Waals surface area contributed by atoms with E-state index in [0.29, 0.717) is 0 Å². The van der Waals surface area contributed by atoms with E-state index >= 15 is 0 Å². The minimum atomic E-state index is 0.883. The third-order valence-corrected chi connectivity index (χ3v) is 6.70. The third-order valence-electron chi connectivity index (χ3n) is 6.70. The van der Waals surface area contributed by atoms with Crippen LogP contribution in [0, 0.1) is 35.5 Å². The number of hydrogen-bond donors (Lipinski definition) is 1. The molecule has 2 bridgehead atoms. The van der Waals surface area contributed by atoms with Gasteiger partial charge < -0.3 is 5.32 Å². The quantitative estimate of drug-likeness (QED) is 0.787. The van der Waals surface area contributed by atoms with Crippen molar-refractivity contribution in [2.24, 2.45) is 35.5 Å². The van der Waals surface area contributed by atoms with Crippen molar-refractivity contribution in [2.75, 3.05) is 7.05 Å². The van der Waals surface area contributed by atoms with Crippen LogP contribution in [0.3, 0.4) is 0 Å². The Balaban J connectivity index is 1.47. The van der Waals surface area contributed by atoms with Crippen LogP contribution < -0.4 is 5.32 Å². The Morgan fingerprint density at radius 2 is 1.53 bits per heavy atom. The van der Waals surface area contributed by atoms with E-state index in [4.69, 9.17) is 0 Å². The molecule has 4 fully saturated rings. The van der Waals surface area contributed by atoms with Gasteiger partial charge in [0.1, 0.15) is 0 Å². The van der Waals surface area contributed by atoms with Crippen LogP contribution >= 0.6 is 0 Å². The standard InChI is InChI=1S/C16H27N/c1-17-16(10-5-3-2-4-6-10)15-13-11-7-8-12(9-11)14(13)15/h10-17H,2-9H2,1H3. The van der Waals surface area contributed by atoms with Crippen molar-refractivity contribution in [3.05, 3.63) is 0 Å². The largest absolute Gasteiger partial charge is 0.316 e. The average molecular weight is 233 g/mol. The van der Waals surface area contributed by atoms with Crippen molar-refractivity contribution in [3.8, 4) is 0 Å². The lowest BCUT2D eigenvalue weighted by Gasteiger charge is -2.32. The van der Waals surface area contributed by atoms with Gasteiger partial charge in [0, 0.05) is 6.04 Å². The molecule has 17 heavy (non-hydrogen) atoms. The maximum absolute atomic E-state index is 3.73. The van der Waals surface area contributed by atoms with Gasteiger partial charge in [0.05, 0.1) is 0 Å². The van der Waals surface area contributed by atoms with Gasteiger partial charge in [-0.05, 0) is 74.7 Å². The molecule has 4 aliphatic carbocycles. The van der Waals surface area contributed by atoms with E-state index in [2.05, 4.69) is 12.4 Å². The summed E-state index contributed by atoms with van der Waals surface area (Å²) >= 11 is 0. The second-order valence-corrected chi connectivity index (χ2v) is 7.28. The fourth-order valence-electron chi connectivity index (χ4n) is 6.11. The first-order valence-electron chi connectivity index (χ1n) is 8.07. The summed E-state index contributed by atoms with van der Waals surface area (Å²) in [6.45, 7) is 0. The molecule has 0 aromatic carbocycles. The molecule has 5 atom stereocenters. The predicted molar refractivity (Wildman–Crippen MR) is 70.7 cm³/mol. The highest BCUT2D eigenvalue weighted by molar-refractivity contribution is 5.16. The summed E-state index contributed by atoms with van der Waals surface area (Å²) < 4.78 is 0. The molecule has 0 aromatic heterocycles. The molecule has 1 nitrogen and oxygen atoms in total. The molecule has 5 unspecified atom stereocenters. The van der Waals surface area contributed by atoms with E-state index in [1.165, 1.54) is 32.1 Å². The van der Waals surface area contributed by atoms with Crippen molar-refractivity contribution in [1.29, 1.82) is 0 Å². The number of nitrogens with one attached hydrogen (secondary N) is 1. The first-order valence-corrected chi connectivity index (χ1v) is 8.07. The highest BCUT2D eigenvalue weighted by Gasteiger charge is 2.66. The van der Waals surface area contributed by atoms with E-state index < -0.39 is 0 Å². The van der Waals surface area contributed by atoms with Crippen LogP contribution in [0.2, 0.25) is 0 Å². The average Bonchev–Trinajstić information content (AvgIpc) is 2.81. The summed E-state index contributed by atoms with van der Waals surface area (Å²) in [5, 5.41) is 3.73. The Hall–Kier alpha value is -0.0400. The van der Waals surface area contributed by atoms with Crippen molar-refractivity contribution in [3.63, 3.8) is 0 Å². The van der Waals surface area contributed by atoms with E-state index in [1.807, 2.05) is 0 Å². The summed E-state index contributed by atoms with van der Waals surface area (Å²) in [6, 6.07) is 0.883. The summed E-state index contributed by atoms with van der Waals surface area (Å²) in [7, 11) is 2.23. The SMILES string of the molecule is CNC(C1CCCCC1)C1C2C3CCC(C3)C21. The lowest BCUT2D eigenvalue weighted by molar-refractivity contribution is 0.231. The topological polar surface area (TPSA) is 12.0 Å². The predicted octanol–water partition coefficient (Wildman–Crippen LogP) is 3.45. The summed E-state index contributed by atoms with van der Waals surface area (Å²) in [5.41, 5.74) is 0. The van der Waals surface area contributed by atoms with Crippen molar-refractivity contribution < 1.29 is 0 Å². The van der Waals surface area contributed by atoms with Gasteiger partial charge in [0.15, 0.2) is 0 Å². The lowest BCUT2D eigenvalue weighted by Crippen LogP contribution is -2.38. The second kappa shape index (κ2) is 3.98. The number of rotatable bonds is 3. The Bertz CT molecular complexity index is 278. The van der Waals surface area contributed by atoms with Crippen LogP contribution in [0.25, 0.3) is 0 Å². The normalized spacial score (nSPS) is 50.3. The van der Waals surface area contributed by atoms with Crippen molar-refractivity contribution in [1.82, 2.24) is 5.32 Å². The van der Waals surface area contributed by atoms with Gasteiger partial charge in [-0.1, -0.05) is 19.3 Å². The van der Waals surface area contributed by atoms with Gasteiger partial charge in [-0.15, -0.1) is 0 Å². The van der Waals surface area contributed by atoms with Crippen LogP contribution in [0.1, 0.15) is 51.4 Å². The summed E-state index contributed by atoms with van der Waals surface area (Å²) in [6.07, 6.45) is 12.3. The highest BCUT2D eigenvalue weighted by Crippen LogP contribution is 2.71. The van der Waals surface area contributed by atoms with Gasteiger partial charge in [0.2, 0.25) is 0 Å². The van der Waals surface area contributed by atoms with Crippen molar-refractivity contribution in [2.45, 2.75) is 57.4 Å². The molecule has 0 radical (unpaired) electrons. The zero-order valence-corrected chi connectivity index (χ0v) is 11.2. The molecule has 0 spiro atoms. The summed E-state index contributed by atoms with van der Waals surface area (Å²) in [4.78, 5) is 0. The van der Waals surface area contributed by atoms with Crippen LogP contribution in [-0.2, 0) is 0 Å². The van der Waals surface area contributed by atoms with Gasteiger partial charge in [-0.3, -0.25) is 0 Å². The van der Waals surface area contributed by atoms with Gasteiger partial charge >= 0.3 is 0 Å². The lowest BCUT2D eigenvalue weighted by atomic mass is 9.80.